The van der Waals surface area contributed by atoms with Crippen LogP contribution < -0.4 is 10.1 Å². The van der Waals surface area contributed by atoms with Crippen LogP contribution in [0.1, 0.15) is 23.2 Å². The van der Waals surface area contributed by atoms with E-state index in [1.165, 1.54) is 6.20 Å². The summed E-state index contributed by atoms with van der Waals surface area (Å²) in [5, 5.41) is 2.94. The highest BCUT2D eigenvalue weighted by molar-refractivity contribution is 9.10. The van der Waals surface area contributed by atoms with Gasteiger partial charge in [-0.15, -0.1) is 0 Å². The van der Waals surface area contributed by atoms with Crippen LogP contribution in [0.5, 0.6) is 11.6 Å². The van der Waals surface area contributed by atoms with Gasteiger partial charge in [0, 0.05) is 36.4 Å². The maximum Gasteiger partial charge on any atom is 0.252 e. The highest BCUT2D eigenvalue weighted by atomic mass is 79.9. The molecule has 1 fully saturated rings. The first-order chi connectivity index (χ1) is 13.2. The average molecular weight is 434 g/mol. The van der Waals surface area contributed by atoms with Crippen LogP contribution in [0.2, 0.25) is 0 Å². The summed E-state index contributed by atoms with van der Waals surface area (Å²) in [5.41, 5.74) is 0.534. The first kappa shape index (κ1) is 19.8. The minimum Gasteiger partial charge on any atom is -0.439 e. The number of rotatable bonds is 8. The number of hydrogen-bond acceptors (Lipinski definition) is 5. The summed E-state index contributed by atoms with van der Waals surface area (Å²) >= 11 is 3.38. The van der Waals surface area contributed by atoms with Crippen molar-refractivity contribution in [3.8, 4) is 11.6 Å². The normalized spacial score (nSPS) is 14.7. The molecule has 1 amide bonds. The summed E-state index contributed by atoms with van der Waals surface area (Å²) in [5.74, 6) is 1.05. The van der Waals surface area contributed by atoms with Crippen LogP contribution in [-0.2, 0) is 4.74 Å². The van der Waals surface area contributed by atoms with E-state index in [2.05, 4.69) is 31.1 Å². The van der Waals surface area contributed by atoms with Crippen LogP contribution >= 0.6 is 15.9 Å². The van der Waals surface area contributed by atoms with Gasteiger partial charge < -0.3 is 14.8 Å². The SMILES string of the molecule is O=C(NCCCCN1CCOCC1)c1ccc(Oc2ccc(Br)cc2)nc1. The molecule has 0 unspecified atom stereocenters. The Kier molecular flexibility index (Phi) is 7.62. The van der Waals surface area contributed by atoms with Crippen molar-refractivity contribution >= 4 is 21.8 Å². The molecule has 7 heteroatoms. The largest absolute Gasteiger partial charge is 0.439 e. The number of carbonyl (C=O) groups is 1. The van der Waals surface area contributed by atoms with Gasteiger partial charge in [0.2, 0.25) is 5.88 Å². The van der Waals surface area contributed by atoms with Crippen LogP contribution in [0.4, 0.5) is 0 Å². The molecule has 1 aliphatic rings. The third-order valence-electron chi connectivity index (χ3n) is 4.32. The number of amides is 1. The summed E-state index contributed by atoms with van der Waals surface area (Å²) in [6.45, 7) is 5.39. The molecule has 144 valence electrons. The number of unbranched alkanes of at least 4 members (excludes halogenated alkanes) is 1. The van der Waals surface area contributed by atoms with Crippen LogP contribution in [-0.4, -0.2) is 55.2 Å². The minimum absolute atomic E-state index is 0.107. The number of halogens is 1. The second-order valence-corrected chi connectivity index (χ2v) is 7.27. The van der Waals surface area contributed by atoms with Gasteiger partial charge in [0.15, 0.2) is 0 Å². The smallest absolute Gasteiger partial charge is 0.252 e. The predicted molar refractivity (Wildman–Crippen MR) is 107 cm³/mol. The van der Waals surface area contributed by atoms with E-state index < -0.39 is 0 Å². The summed E-state index contributed by atoms with van der Waals surface area (Å²) in [4.78, 5) is 18.8. The molecule has 0 saturated carbocycles. The zero-order valence-corrected chi connectivity index (χ0v) is 16.8. The molecule has 2 aromatic rings. The Morgan fingerprint density at radius 3 is 2.63 bits per heavy atom. The number of ether oxygens (including phenoxy) is 2. The zero-order valence-electron chi connectivity index (χ0n) is 15.2. The molecule has 0 atom stereocenters. The van der Waals surface area contributed by atoms with Gasteiger partial charge in [-0.05, 0) is 49.7 Å². The molecule has 0 bridgehead atoms. The van der Waals surface area contributed by atoms with Gasteiger partial charge in [0.25, 0.3) is 5.91 Å². The Balaban J connectivity index is 1.37. The summed E-state index contributed by atoms with van der Waals surface area (Å²) in [6, 6.07) is 10.9. The first-order valence-electron chi connectivity index (χ1n) is 9.18. The van der Waals surface area contributed by atoms with E-state index in [-0.39, 0.29) is 5.91 Å². The quantitative estimate of drug-likeness (QED) is 0.645. The Hall–Kier alpha value is -1.96. The van der Waals surface area contributed by atoms with Gasteiger partial charge in [-0.3, -0.25) is 9.69 Å². The van der Waals surface area contributed by atoms with Gasteiger partial charge in [0.1, 0.15) is 5.75 Å². The molecule has 0 radical (unpaired) electrons. The Bertz CT molecular complexity index is 716. The molecule has 0 spiro atoms. The number of nitrogens with one attached hydrogen (secondary N) is 1. The lowest BCUT2D eigenvalue weighted by Gasteiger charge is -2.26. The van der Waals surface area contributed by atoms with E-state index in [0.717, 1.165) is 50.2 Å². The van der Waals surface area contributed by atoms with E-state index in [1.807, 2.05) is 24.3 Å². The van der Waals surface area contributed by atoms with Crippen LogP contribution in [0.3, 0.4) is 0 Å². The van der Waals surface area contributed by atoms with Crippen molar-refractivity contribution in [2.75, 3.05) is 39.4 Å². The lowest BCUT2D eigenvalue weighted by atomic mass is 10.2. The summed E-state index contributed by atoms with van der Waals surface area (Å²) in [7, 11) is 0. The van der Waals surface area contributed by atoms with Crippen LogP contribution in [0.15, 0.2) is 47.1 Å². The highest BCUT2D eigenvalue weighted by Gasteiger charge is 2.10. The predicted octanol–water partition coefficient (Wildman–Crippen LogP) is 3.48. The van der Waals surface area contributed by atoms with Gasteiger partial charge in [-0.25, -0.2) is 4.98 Å². The number of benzene rings is 1. The van der Waals surface area contributed by atoms with Crippen molar-refractivity contribution in [1.29, 1.82) is 0 Å². The molecule has 3 rings (SSSR count). The van der Waals surface area contributed by atoms with Gasteiger partial charge in [0.05, 0.1) is 18.8 Å². The topological polar surface area (TPSA) is 63.7 Å². The van der Waals surface area contributed by atoms with Gasteiger partial charge in [-0.1, -0.05) is 15.9 Å². The second kappa shape index (κ2) is 10.4. The molecule has 1 saturated heterocycles. The third-order valence-corrected chi connectivity index (χ3v) is 4.85. The number of morpholine rings is 1. The van der Waals surface area contributed by atoms with Crippen molar-refractivity contribution in [2.45, 2.75) is 12.8 Å². The molecule has 0 aliphatic carbocycles. The van der Waals surface area contributed by atoms with Crippen molar-refractivity contribution in [3.05, 3.63) is 52.6 Å². The highest BCUT2D eigenvalue weighted by Crippen LogP contribution is 2.21. The van der Waals surface area contributed by atoms with E-state index in [1.54, 1.807) is 12.1 Å². The fraction of sp³-hybridized carbons (Fsp3) is 0.400. The second-order valence-electron chi connectivity index (χ2n) is 6.36. The van der Waals surface area contributed by atoms with Crippen molar-refractivity contribution in [1.82, 2.24) is 15.2 Å². The number of aromatic nitrogens is 1. The third kappa shape index (κ3) is 6.61. The first-order valence-corrected chi connectivity index (χ1v) is 9.98. The van der Waals surface area contributed by atoms with Crippen molar-refractivity contribution in [3.63, 3.8) is 0 Å². The summed E-state index contributed by atoms with van der Waals surface area (Å²) in [6.07, 6.45) is 3.57. The Morgan fingerprint density at radius 1 is 1.15 bits per heavy atom. The van der Waals surface area contributed by atoms with Crippen molar-refractivity contribution < 1.29 is 14.3 Å². The zero-order chi connectivity index (χ0) is 18.9. The molecule has 2 heterocycles. The standard InChI is InChI=1S/C20H24BrN3O3/c21-17-4-6-18(7-5-17)27-19-8-3-16(15-23-19)20(25)22-9-1-2-10-24-11-13-26-14-12-24/h3-8,15H,1-2,9-14H2,(H,22,25). The van der Waals surface area contributed by atoms with E-state index in [0.29, 0.717) is 23.7 Å². The molecule has 27 heavy (non-hydrogen) atoms. The fourth-order valence-electron chi connectivity index (χ4n) is 2.79. The minimum atomic E-state index is -0.107. The maximum absolute atomic E-state index is 12.2. The molecule has 1 aliphatic heterocycles. The molecule has 1 aromatic heterocycles. The van der Waals surface area contributed by atoms with Gasteiger partial charge >= 0.3 is 0 Å². The molecule has 6 nitrogen and oxygen atoms in total. The Morgan fingerprint density at radius 2 is 1.93 bits per heavy atom. The van der Waals surface area contributed by atoms with Crippen molar-refractivity contribution in [2.24, 2.45) is 0 Å². The lowest BCUT2D eigenvalue weighted by molar-refractivity contribution is 0.0372. The average Bonchev–Trinajstić information content (AvgIpc) is 2.71. The molecular formula is C20H24BrN3O3. The van der Waals surface area contributed by atoms with Crippen LogP contribution in [0, 0.1) is 0 Å². The maximum atomic E-state index is 12.2. The number of nitrogens with zero attached hydrogens (tertiary/aromatic N) is 2. The molecule has 1 N–H and O–H groups in total. The van der Waals surface area contributed by atoms with Gasteiger partial charge in [-0.2, -0.15) is 0 Å². The number of hydrogen-bond donors (Lipinski definition) is 1. The van der Waals surface area contributed by atoms with Crippen LogP contribution in [0.25, 0.3) is 0 Å². The van der Waals surface area contributed by atoms with E-state index in [4.69, 9.17) is 9.47 Å². The van der Waals surface area contributed by atoms with E-state index >= 15 is 0 Å². The summed E-state index contributed by atoms with van der Waals surface area (Å²) < 4.78 is 12.0. The molecular weight excluding hydrogens is 410 g/mol. The molecule has 1 aromatic carbocycles. The Labute approximate surface area is 168 Å². The number of pyridine rings is 1. The monoisotopic (exact) mass is 433 g/mol. The fourth-order valence-corrected chi connectivity index (χ4v) is 3.05. The number of carbonyl (C=O) groups excluding carboxylic acids is 1. The van der Waals surface area contributed by atoms with E-state index in [9.17, 15) is 4.79 Å². The lowest BCUT2D eigenvalue weighted by Crippen LogP contribution is -2.37.